The summed E-state index contributed by atoms with van der Waals surface area (Å²) < 4.78 is 0. The zero-order chi connectivity index (χ0) is 10.5. The van der Waals surface area contributed by atoms with Gasteiger partial charge in [0.05, 0.1) is 0 Å². The summed E-state index contributed by atoms with van der Waals surface area (Å²) >= 11 is 0. The first-order valence-corrected chi connectivity index (χ1v) is 5.65. The van der Waals surface area contributed by atoms with E-state index in [0.717, 1.165) is 19.3 Å². The number of hydrogen-bond acceptors (Lipinski definition) is 1. The fourth-order valence-electron chi connectivity index (χ4n) is 2.41. The van der Waals surface area contributed by atoms with Crippen molar-refractivity contribution in [3.8, 4) is 0 Å². The minimum Gasteiger partial charge on any atom is -0.356 e. The summed E-state index contributed by atoms with van der Waals surface area (Å²) in [5.74, 6) is 0.691. The van der Waals surface area contributed by atoms with Gasteiger partial charge in [0.1, 0.15) is 0 Å². The third-order valence-electron chi connectivity index (χ3n) is 3.30. The molecule has 15 heavy (non-hydrogen) atoms. The van der Waals surface area contributed by atoms with Crippen LogP contribution in [0.1, 0.15) is 37.2 Å². The van der Waals surface area contributed by atoms with Gasteiger partial charge in [-0.15, -0.1) is 0 Å². The summed E-state index contributed by atoms with van der Waals surface area (Å²) in [4.78, 5) is 10.3. The second-order valence-corrected chi connectivity index (χ2v) is 4.24. The molecule has 0 spiro atoms. The summed E-state index contributed by atoms with van der Waals surface area (Å²) in [6.07, 6.45) is 5.43. The molecule has 0 bridgehead atoms. The zero-order valence-corrected chi connectivity index (χ0v) is 8.86. The molecular formula is C13H17NO. The highest BCUT2D eigenvalue weighted by atomic mass is 16.1. The van der Waals surface area contributed by atoms with Crippen molar-refractivity contribution >= 4 is 6.41 Å². The van der Waals surface area contributed by atoms with Crippen LogP contribution in [0, 0.1) is 0 Å². The Kier molecular flexibility index (Phi) is 3.38. The summed E-state index contributed by atoms with van der Waals surface area (Å²) in [5, 5.41) is 2.88. The van der Waals surface area contributed by atoms with Crippen LogP contribution >= 0.6 is 0 Å². The highest BCUT2D eigenvalue weighted by Gasteiger charge is 2.21. The van der Waals surface area contributed by atoms with E-state index in [4.69, 9.17) is 0 Å². The molecule has 0 saturated heterocycles. The van der Waals surface area contributed by atoms with Gasteiger partial charge in [-0.3, -0.25) is 4.79 Å². The Bertz CT molecular complexity index is 302. The lowest BCUT2D eigenvalue weighted by Gasteiger charge is -2.28. The predicted octanol–water partition coefficient (Wildman–Crippen LogP) is 2.46. The predicted molar refractivity (Wildman–Crippen MR) is 60.6 cm³/mol. The van der Waals surface area contributed by atoms with Crippen molar-refractivity contribution in [3.05, 3.63) is 35.9 Å². The van der Waals surface area contributed by atoms with Crippen molar-refractivity contribution in [2.24, 2.45) is 0 Å². The first-order chi connectivity index (χ1) is 7.40. The maximum atomic E-state index is 10.3. The lowest BCUT2D eigenvalue weighted by atomic mass is 9.82. The van der Waals surface area contributed by atoms with Crippen LogP contribution in [0.5, 0.6) is 0 Å². The number of nitrogens with one attached hydrogen (secondary N) is 1. The van der Waals surface area contributed by atoms with Gasteiger partial charge in [0, 0.05) is 6.04 Å². The van der Waals surface area contributed by atoms with Gasteiger partial charge < -0.3 is 5.32 Å². The van der Waals surface area contributed by atoms with E-state index in [1.165, 1.54) is 18.4 Å². The van der Waals surface area contributed by atoms with Crippen LogP contribution in [0.4, 0.5) is 0 Å². The molecule has 0 unspecified atom stereocenters. The van der Waals surface area contributed by atoms with Crippen molar-refractivity contribution < 1.29 is 4.79 Å². The number of amides is 1. The van der Waals surface area contributed by atoms with Gasteiger partial charge in [-0.25, -0.2) is 0 Å². The Morgan fingerprint density at radius 1 is 1.07 bits per heavy atom. The van der Waals surface area contributed by atoms with Gasteiger partial charge in [-0.05, 0) is 37.2 Å². The molecule has 80 valence electrons. The van der Waals surface area contributed by atoms with Crippen LogP contribution in [0.3, 0.4) is 0 Å². The maximum Gasteiger partial charge on any atom is 0.207 e. The van der Waals surface area contributed by atoms with Crippen LogP contribution < -0.4 is 5.32 Å². The monoisotopic (exact) mass is 203 g/mol. The quantitative estimate of drug-likeness (QED) is 0.751. The second-order valence-electron chi connectivity index (χ2n) is 4.24. The number of hydrogen-bond donors (Lipinski definition) is 1. The van der Waals surface area contributed by atoms with Crippen LogP contribution in [0.15, 0.2) is 30.3 Å². The molecule has 0 radical (unpaired) electrons. The Labute approximate surface area is 90.7 Å². The number of rotatable bonds is 3. The van der Waals surface area contributed by atoms with E-state index >= 15 is 0 Å². The Hall–Kier alpha value is -1.31. The second kappa shape index (κ2) is 4.96. The van der Waals surface area contributed by atoms with Crippen LogP contribution in [0.25, 0.3) is 0 Å². The molecule has 1 N–H and O–H groups in total. The third-order valence-corrected chi connectivity index (χ3v) is 3.30. The van der Waals surface area contributed by atoms with E-state index in [-0.39, 0.29) is 0 Å². The first-order valence-electron chi connectivity index (χ1n) is 5.65. The zero-order valence-electron chi connectivity index (χ0n) is 8.86. The molecule has 1 aliphatic rings. The molecule has 1 aromatic rings. The molecule has 1 aromatic carbocycles. The molecule has 1 aliphatic carbocycles. The highest BCUT2D eigenvalue weighted by Crippen LogP contribution is 2.32. The van der Waals surface area contributed by atoms with Crippen LogP contribution in [-0.4, -0.2) is 12.5 Å². The van der Waals surface area contributed by atoms with Crippen LogP contribution in [-0.2, 0) is 4.79 Å². The molecule has 0 atom stereocenters. The molecule has 1 saturated carbocycles. The van der Waals surface area contributed by atoms with Crippen molar-refractivity contribution in [2.75, 3.05) is 0 Å². The standard InChI is InChI=1S/C13H17NO/c15-10-14-13-8-6-12(7-9-13)11-4-2-1-3-5-11/h1-5,10,12-13H,6-9H2,(H,14,15). The minimum absolute atomic E-state index is 0.405. The van der Waals surface area contributed by atoms with Gasteiger partial charge in [-0.2, -0.15) is 0 Å². The molecule has 0 aromatic heterocycles. The van der Waals surface area contributed by atoms with Crippen molar-refractivity contribution in [2.45, 2.75) is 37.6 Å². The molecule has 0 aliphatic heterocycles. The van der Waals surface area contributed by atoms with Crippen molar-refractivity contribution in [3.63, 3.8) is 0 Å². The largest absolute Gasteiger partial charge is 0.356 e. The van der Waals surface area contributed by atoms with Crippen molar-refractivity contribution in [1.82, 2.24) is 5.32 Å². The number of carbonyl (C=O) groups excluding carboxylic acids is 1. The van der Waals surface area contributed by atoms with E-state index in [1.54, 1.807) is 0 Å². The van der Waals surface area contributed by atoms with E-state index in [0.29, 0.717) is 12.0 Å². The van der Waals surface area contributed by atoms with E-state index in [2.05, 4.69) is 35.6 Å². The van der Waals surface area contributed by atoms with E-state index in [1.807, 2.05) is 0 Å². The number of carbonyl (C=O) groups is 1. The Balaban J connectivity index is 1.91. The van der Waals surface area contributed by atoms with Crippen LogP contribution in [0.2, 0.25) is 0 Å². The Morgan fingerprint density at radius 3 is 2.33 bits per heavy atom. The maximum absolute atomic E-state index is 10.3. The first kappa shape index (κ1) is 10.2. The topological polar surface area (TPSA) is 29.1 Å². The fourth-order valence-corrected chi connectivity index (χ4v) is 2.41. The summed E-state index contributed by atoms with van der Waals surface area (Å²) in [7, 11) is 0. The average molecular weight is 203 g/mol. The molecule has 2 nitrogen and oxygen atoms in total. The van der Waals surface area contributed by atoms with E-state index in [9.17, 15) is 4.79 Å². The average Bonchev–Trinajstić information content (AvgIpc) is 2.32. The molecule has 1 fully saturated rings. The summed E-state index contributed by atoms with van der Waals surface area (Å²) in [6, 6.07) is 11.1. The highest BCUT2D eigenvalue weighted by molar-refractivity contribution is 5.46. The fraction of sp³-hybridized carbons (Fsp3) is 0.462. The summed E-state index contributed by atoms with van der Waals surface area (Å²) in [5.41, 5.74) is 1.45. The van der Waals surface area contributed by atoms with Crippen molar-refractivity contribution in [1.29, 1.82) is 0 Å². The summed E-state index contributed by atoms with van der Waals surface area (Å²) in [6.45, 7) is 0. The minimum atomic E-state index is 0.405. The van der Waals surface area contributed by atoms with E-state index < -0.39 is 0 Å². The van der Waals surface area contributed by atoms with Gasteiger partial charge in [0.25, 0.3) is 0 Å². The molecule has 2 rings (SSSR count). The van der Waals surface area contributed by atoms with Gasteiger partial charge in [-0.1, -0.05) is 30.3 Å². The Morgan fingerprint density at radius 2 is 1.73 bits per heavy atom. The van der Waals surface area contributed by atoms with Gasteiger partial charge in [0.15, 0.2) is 0 Å². The number of benzene rings is 1. The molecule has 2 heteroatoms. The van der Waals surface area contributed by atoms with Gasteiger partial charge >= 0.3 is 0 Å². The lowest BCUT2D eigenvalue weighted by Crippen LogP contribution is -2.31. The molecule has 1 amide bonds. The van der Waals surface area contributed by atoms with Gasteiger partial charge in [0.2, 0.25) is 6.41 Å². The molecular weight excluding hydrogens is 186 g/mol. The molecule has 0 heterocycles. The smallest absolute Gasteiger partial charge is 0.207 e. The normalized spacial score (nSPS) is 25.9. The SMILES string of the molecule is O=CNC1CCC(c2ccccc2)CC1. The third kappa shape index (κ3) is 2.58. The lowest BCUT2D eigenvalue weighted by molar-refractivity contribution is -0.110.